The van der Waals surface area contributed by atoms with Gasteiger partial charge in [-0.2, -0.15) is 0 Å². The highest BCUT2D eigenvalue weighted by atomic mass is 16.4. The summed E-state index contributed by atoms with van der Waals surface area (Å²) in [6.07, 6.45) is 2.19. The average molecular weight is 243 g/mol. The zero-order valence-electron chi connectivity index (χ0n) is 9.52. The second-order valence-electron chi connectivity index (χ2n) is 4.16. The van der Waals surface area contributed by atoms with Crippen molar-refractivity contribution in [1.29, 1.82) is 0 Å². The molecule has 7 nitrogen and oxygen atoms in total. The van der Waals surface area contributed by atoms with Crippen LogP contribution < -0.4 is 11.1 Å². The summed E-state index contributed by atoms with van der Waals surface area (Å²) < 4.78 is 0. The van der Waals surface area contributed by atoms with E-state index >= 15 is 0 Å². The first kappa shape index (κ1) is 13.4. The molecule has 1 rings (SSSR count). The summed E-state index contributed by atoms with van der Waals surface area (Å²) in [5.41, 5.74) is 4.99. The van der Waals surface area contributed by atoms with Gasteiger partial charge in [-0.25, -0.2) is 0 Å². The Balaban J connectivity index is 2.27. The SMILES string of the molecule is NC(=O)CN(CCC(=O)NC1CC1)CC(=O)O. The number of rotatable bonds is 8. The predicted molar refractivity (Wildman–Crippen MR) is 59.1 cm³/mol. The zero-order valence-corrected chi connectivity index (χ0v) is 9.52. The van der Waals surface area contributed by atoms with E-state index in [0.717, 1.165) is 12.8 Å². The monoisotopic (exact) mass is 243 g/mol. The Morgan fingerprint density at radius 3 is 2.41 bits per heavy atom. The molecule has 0 aromatic rings. The van der Waals surface area contributed by atoms with Crippen molar-refractivity contribution in [2.75, 3.05) is 19.6 Å². The number of hydrogen-bond donors (Lipinski definition) is 3. The van der Waals surface area contributed by atoms with Gasteiger partial charge >= 0.3 is 5.97 Å². The third-order valence-corrected chi connectivity index (χ3v) is 2.34. The molecule has 0 heterocycles. The number of carbonyl (C=O) groups is 3. The Morgan fingerprint density at radius 1 is 1.29 bits per heavy atom. The van der Waals surface area contributed by atoms with Gasteiger partial charge in [0.1, 0.15) is 0 Å². The van der Waals surface area contributed by atoms with E-state index in [9.17, 15) is 14.4 Å². The number of hydrogen-bond acceptors (Lipinski definition) is 4. The van der Waals surface area contributed by atoms with Crippen LogP contribution in [0.25, 0.3) is 0 Å². The van der Waals surface area contributed by atoms with Crippen molar-refractivity contribution in [3.63, 3.8) is 0 Å². The number of aliphatic carboxylic acids is 1. The van der Waals surface area contributed by atoms with Crippen molar-refractivity contribution in [3.8, 4) is 0 Å². The van der Waals surface area contributed by atoms with Gasteiger partial charge in [0.15, 0.2) is 0 Å². The normalized spacial score (nSPS) is 14.6. The number of carboxylic acids is 1. The molecule has 0 aromatic carbocycles. The summed E-state index contributed by atoms with van der Waals surface area (Å²) in [5, 5.41) is 11.4. The number of nitrogens with two attached hydrogens (primary N) is 1. The molecule has 0 atom stereocenters. The Morgan fingerprint density at radius 2 is 1.94 bits per heavy atom. The van der Waals surface area contributed by atoms with Crippen molar-refractivity contribution in [2.24, 2.45) is 5.73 Å². The third kappa shape index (κ3) is 6.52. The molecule has 7 heteroatoms. The summed E-state index contributed by atoms with van der Waals surface area (Å²) in [7, 11) is 0. The Bertz CT molecular complexity index is 299. The van der Waals surface area contributed by atoms with Crippen molar-refractivity contribution >= 4 is 17.8 Å². The van der Waals surface area contributed by atoms with E-state index in [1.165, 1.54) is 4.90 Å². The van der Waals surface area contributed by atoms with Gasteiger partial charge < -0.3 is 16.2 Å². The van der Waals surface area contributed by atoms with Crippen LogP contribution in [0.4, 0.5) is 0 Å². The van der Waals surface area contributed by atoms with E-state index in [1.807, 2.05) is 0 Å². The van der Waals surface area contributed by atoms with Crippen molar-refractivity contribution in [3.05, 3.63) is 0 Å². The van der Waals surface area contributed by atoms with Gasteiger partial charge in [0.25, 0.3) is 0 Å². The van der Waals surface area contributed by atoms with E-state index in [-0.39, 0.29) is 38.0 Å². The highest BCUT2D eigenvalue weighted by Gasteiger charge is 2.23. The van der Waals surface area contributed by atoms with Crippen molar-refractivity contribution in [1.82, 2.24) is 10.2 Å². The number of carbonyl (C=O) groups excluding carboxylic acids is 2. The van der Waals surface area contributed by atoms with Crippen LogP contribution in [-0.2, 0) is 14.4 Å². The first-order valence-corrected chi connectivity index (χ1v) is 5.49. The smallest absolute Gasteiger partial charge is 0.317 e. The van der Waals surface area contributed by atoms with Crippen LogP contribution in [-0.4, -0.2) is 53.5 Å². The first-order chi connectivity index (χ1) is 7.97. The summed E-state index contributed by atoms with van der Waals surface area (Å²) in [4.78, 5) is 34.0. The number of primary amides is 1. The third-order valence-electron chi connectivity index (χ3n) is 2.34. The van der Waals surface area contributed by atoms with Gasteiger partial charge in [-0.05, 0) is 12.8 Å². The molecule has 1 aliphatic rings. The van der Waals surface area contributed by atoms with E-state index in [1.54, 1.807) is 0 Å². The number of amides is 2. The molecular weight excluding hydrogens is 226 g/mol. The quantitative estimate of drug-likeness (QED) is 0.481. The predicted octanol–water partition coefficient (Wildman–Crippen LogP) is -1.47. The number of nitrogens with one attached hydrogen (secondary N) is 1. The molecule has 2 amide bonds. The van der Waals surface area contributed by atoms with Crippen LogP contribution >= 0.6 is 0 Å². The second kappa shape index (κ2) is 6.19. The van der Waals surface area contributed by atoms with E-state index < -0.39 is 11.9 Å². The van der Waals surface area contributed by atoms with E-state index in [4.69, 9.17) is 10.8 Å². The standard InChI is InChI=1S/C10H17N3O4/c11-8(14)5-13(6-10(16)17)4-3-9(15)12-7-1-2-7/h7H,1-6H2,(H2,11,14)(H,12,15)(H,16,17). The van der Waals surface area contributed by atoms with Gasteiger partial charge in [0.05, 0.1) is 13.1 Å². The summed E-state index contributed by atoms with van der Waals surface area (Å²) in [6, 6.07) is 0.284. The van der Waals surface area contributed by atoms with Crippen LogP contribution in [0.1, 0.15) is 19.3 Å². The summed E-state index contributed by atoms with van der Waals surface area (Å²) in [5.74, 6) is -1.77. The van der Waals surface area contributed by atoms with Gasteiger partial charge in [-0.3, -0.25) is 19.3 Å². The second-order valence-corrected chi connectivity index (χ2v) is 4.16. The highest BCUT2D eigenvalue weighted by Crippen LogP contribution is 2.18. The maximum Gasteiger partial charge on any atom is 0.317 e. The number of carboxylic acid groups (broad SMARTS) is 1. The van der Waals surface area contributed by atoms with E-state index in [0.29, 0.717) is 0 Å². The lowest BCUT2D eigenvalue weighted by Gasteiger charge is -2.17. The lowest BCUT2D eigenvalue weighted by Crippen LogP contribution is -2.39. The molecule has 17 heavy (non-hydrogen) atoms. The maximum absolute atomic E-state index is 11.4. The molecule has 1 saturated carbocycles. The van der Waals surface area contributed by atoms with Gasteiger partial charge in [0, 0.05) is 19.0 Å². The lowest BCUT2D eigenvalue weighted by molar-refractivity contribution is -0.139. The molecule has 0 spiro atoms. The Kier molecular flexibility index (Phi) is 4.89. The minimum absolute atomic E-state index is 0.118. The molecule has 0 aromatic heterocycles. The Labute approximate surface area is 98.9 Å². The van der Waals surface area contributed by atoms with Crippen LogP contribution in [0, 0.1) is 0 Å². The van der Waals surface area contributed by atoms with Crippen LogP contribution in [0.5, 0.6) is 0 Å². The summed E-state index contributed by atoms with van der Waals surface area (Å²) >= 11 is 0. The molecule has 96 valence electrons. The molecule has 0 radical (unpaired) electrons. The molecular formula is C10H17N3O4. The lowest BCUT2D eigenvalue weighted by atomic mass is 10.3. The van der Waals surface area contributed by atoms with Crippen LogP contribution in [0.2, 0.25) is 0 Å². The molecule has 0 bridgehead atoms. The fourth-order valence-corrected chi connectivity index (χ4v) is 1.41. The molecule has 1 aliphatic carbocycles. The van der Waals surface area contributed by atoms with Crippen LogP contribution in [0.15, 0.2) is 0 Å². The topological polar surface area (TPSA) is 113 Å². The molecule has 4 N–H and O–H groups in total. The molecule has 1 fully saturated rings. The van der Waals surface area contributed by atoms with E-state index in [2.05, 4.69) is 5.32 Å². The van der Waals surface area contributed by atoms with Gasteiger partial charge in [-0.1, -0.05) is 0 Å². The van der Waals surface area contributed by atoms with Crippen molar-refractivity contribution < 1.29 is 19.5 Å². The van der Waals surface area contributed by atoms with Gasteiger partial charge in [0.2, 0.25) is 11.8 Å². The Hall–Kier alpha value is -1.63. The fourth-order valence-electron chi connectivity index (χ4n) is 1.41. The summed E-state index contributed by atoms with van der Waals surface area (Å²) in [6.45, 7) is -0.226. The molecule has 0 saturated heterocycles. The van der Waals surface area contributed by atoms with Gasteiger partial charge in [-0.15, -0.1) is 0 Å². The fraction of sp³-hybridized carbons (Fsp3) is 0.700. The largest absolute Gasteiger partial charge is 0.480 e. The first-order valence-electron chi connectivity index (χ1n) is 5.49. The molecule has 0 unspecified atom stereocenters. The van der Waals surface area contributed by atoms with Crippen LogP contribution in [0.3, 0.4) is 0 Å². The minimum Gasteiger partial charge on any atom is -0.480 e. The zero-order chi connectivity index (χ0) is 12.8. The number of nitrogens with zero attached hydrogens (tertiary/aromatic N) is 1. The highest BCUT2D eigenvalue weighted by molar-refractivity contribution is 5.78. The maximum atomic E-state index is 11.4. The van der Waals surface area contributed by atoms with Crippen molar-refractivity contribution in [2.45, 2.75) is 25.3 Å². The molecule has 0 aliphatic heterocycles. The average Bonchev–Trinajstić information content (AvgIpc) is 2.96. The minimum atomic E-state index is -1.05.